The number of anilines is 1. The third-order valence-electron chi connectivity index (χ3n) is 2.29. The zero-order valence-electron chi connectivity index (χ0n) is 8.82. The van der Waals surface area contributed by atoms with E-state index in [2.05, 4.69) is 10.3 Å². The van der Waals surface area contributed by atoms with Gasteiger partial charge < -0.3 is 10.4 Å². The number of halogens is 2. The molecule has 1 aromatic heterocycles. The number of aromatic hydroxyl groups is 1. The van der Waals surface area contributed by atoms with Crippen LogP contribution in [0.5, 0.6) is 5.75 Å². The first-order valence-corrected chi connectivity index (χ1v) is 5.36. The summed E-state index contributed by atoms with van der Waals surface area (Å²) in [6.45, 7) is 0.346. The molecule has 0 fully saturated rings. The van der Waals surface area contributed by atoms with Crippen molar-refractivity contribution in [1.82, 2.24) is 4.98 Å². The quantitative estimate of drug-likeness (QED) is 0.825. The molecule has 0 unspecified atom stereocenters. The second-order valence-electron chi connectivity index (χ2n) is 3.46. The maximum atomic E-state index is 12.6. The van der Waals surface area contributed by atoms with Gasteiger partial charge in [-0.15, -0.1) is 0 Å². The Hall–Kier alpha value is -1.81. The summed E-state index contributed by atoms with van der Waals surface area (Å²) in [5, 5.41) is 13.1. The Labute approximate surface area is 103 Å². The van der Waals surface area contributed by atoms with Gasteiger partial charge in [0.25, 0.3) is 0 Å². The summed E-state index contributed by atoms with van der Waals surface area (Å²) in [7, 11) is 0. The number of hydrogen-bond donors (Lipinski definition) is 2. The Bertz CT molecular complexity index is 496. The van der Waals surface area contributed by atoms with Gasteiger partial charge >= 0.3 is 0 Å². The maximum Gasteiger partial charge on any atom is 0.212 e. The molecule has 88 valence electrons. The van der Waals surface area contributed by atoms with E-state index in [0.717, 1.165) is 0 Å². The predicted octanol–water partition coefficient (Wildman–Crippen LogP) is 3.19. The summed E-state index contributed by atoms with van der Waals surface area (Å²) in [5.74, 6) is -0.406. The number of phenolic OH excluding ortho intramolecular Hbond substituents is 1. The standard InChI is InChI=1S/C12H10ClFN2O/c13-10-2-1-3-11(17)9(10)7-15-8-4-5-12(14)16-6-8/h1-6,15,17H,7H2. The number of phenols is 1. The number of nitrogens with one attached hydrogen (secondary N) is 1. The van der Waals surface area contributed by atoms with Gasteiger partial charge in [-0.3, -0.25) is 0 Å². The van der Waals surface area contributed by atoms with Gasteiger partial charge in [-0.1, -0.05) is 17.7 Å². The molecule has 2 aromatic rings. The van der Waals surface area contributed by atoms with Crippen LogP contribution in [0.4, 0.5) is 10.1 Å². The van der Waals surface area contributed by atoms with Crippen LogP contribution in [0.25, 0.3) is 0 Å². The Balaban J connectivity index is 2.10. The van der Waals surface area contributed by atoms with Crippen molar-refractivity contribution in [3.05, 3.63) is 53.1 Å². The predicted molar refractivity (Wildman–Crippen MR) is 64.6 cm³/mol. The average molecular weight is 253 g/mol. The lowest BCUT2D eigenvalue weighted by molar-refractivity contribution is 0.469. The number of benzene rings is 1. The molecule has 2 rings (SSSR count). The SMILES string of the molecule is Oc1cccc(Cl)c1CNc1ccc(F)nc1. The molecule has 5 heteroatoms. The number of hydrogen-bond acceptors (Lipinski definition) is 3. The summed E-state index contributed by atoms with van der Waals surface area (Å²) in [4.78, 5) is 3.51. The first-order chi connectivity index (χ1) is 8.16. The van der Waals surface area contributed by atoms with Crippen LogP contribution in [0, 0.1) is 5.95 Å². The third kappa shape index (κ3) is 2.85. The molecule has 0 atom stereocenters. The van der Waals surface area contributed by atoms with Crippen molar-refractivity contribution >= 4 is 17.3 Å². The molecular formula is C12H10ClFN2O. The minimum atomic E-state index is -0.531. The van der Waals surface area contributed by atoms with Crippen molar-refractivity contribution in [3.8, 4) is 5.75 Å². The lowest BCUT2D eigenvalue weighted by Gasteiger charge is -2.09. The molecular weight excluding hydrogens is 243 g/mol. The van der Waals surface area contributed by atoms with Crippen LogP contribution in [-0.2, 0) is 6.54 Å². The number of aromatic nitrogens is 1. The van der Waals surface area contributed by atoms with Crippen LogP contribution in [0.3, 0.4) is 0 Å². The average Bonchev–Trinajstić information content (AvgIpc) is 2.31. The molecule has 0 aliphatic rings. The molecule has 0 amide bonds. The molecule has 1 aromatic carbocycles. The molecule has 0 bridgehead atoms. The van der Waals surface area contributed by atoms with E-state index in [1.54, 1.807) is 24.3 Å². The Kier molecular flexibility index (Phi) is 3.44. The van der Waals surface area contributed by atoms with Crippen LogP contribution < -0.4 is 5.32 Å². The van der Waals surface area contributed by atoms with Gasteiger partial charge in [0.05, 0.1) is 11.9 Å². The van der Waals surface area contributed by atoms with E-state index in [4.69, 9.17) is 11.6 Å². The van der Waals surface area contributed by atoms with E-state index in [1.165, 1.54) is 12.3 Å². The van der Waals surface area contributed by atoms with Gasteiger partial charge in [0.1, 0.15) is 5.75 Å². The highest BCUT2D eigenvalue weighted by atomic mass is 35.5. The molecule has 0 aliphatic heterocycles. The van der Waals surface area contributed by atoms with Crippen molar-refractivity contribution in [3.63, 3.8) is 0 Å². The van der Waals surface area contributed by atoms with Gasteiger partial charge in [0.15, 0.2) is 0 Å². The van der Waals surface area contributed by atoms with Gasteiger partial charge in [0, 0.05) is 17.1 Å². The van der Waals surface area contributed by atoms with Crippen molar-refractivity contribution in [2.75, 3.05) is 5.32 Å². The Morgan fingerprint density at radius 1 is 1.29 bits per heavy atom. The van der Waals surface area contributed by atoms with Crippen molar-refractivity contribution in [2.24, 2.45) is 0 Å². The van der Waals surface area contributed by atoms with Gasteiger partial charge in [-0.05, 0) is 24.3 Å². The summed E-state index contributed by atoms with van der Waals surface area (Å²) < 4.78 is 12.6. The first-order valence-electron chi connectivity index (χ1n) is 4.98. The number of nitrogens with zero attached hydrogens (tertiary/aromatic N) is 1. The lowest BCUT2D eigenvalue weighted by atomic mass is 10.2. The largest absolute Gasteiger partial charge is 0.508 e. The van der Waals surface area contributed by atoms with Crippen LogP contribution in [0.2, 0.25) is 5.02 Å². The molecule has 0 radical (unpaired) electrons. The summed E-state index contributed by atoms with van der Waals surface area (Å²) in [6, 6.07) is 7.75. The fourth-order valence-electron chi connectivity index (χ4n) is 1.39. The van der Waals surface area contributed by atoms with E-state index in [9.17, 15) is 9.50 Å². The summed E-state index contributed by atoms with van der Waals surface area (Å²) in [5.41, 5.74) is 1.25. The van der Waals surface area contributed by atoms with E-state index in [0.29, 0.717) is 22.8 Å². The third-order valence-corrected chi connectivity index (χ3v) is 2.64. The van der Waals surface area contributed by atoms with Crippen LogP contribution in [0.15, 0.2) is 36.5 Å². The summed E-state index contributed by atoms with van der Waals surface area (Å²) >= 11 is 5.95. The molecule has 0 aliphatic carbocycles. The highest BCUT2D eigenvalue weighted by Crippen LogP contribution is 2.25. The fourth-order valence-corrected chi connectivity index (χ4v) is 1.63. The molecule has 0 spiro atoms. The number of pyridine rings is 1. The maximum absolute atomic E-state index is 12.6. The van der Waals surface area contributed by atoms with E-state index < -0.39 is 5.95 Å². The molecule has 17 heavy (non-hydrogen) atoms. The van der Waals surface area contributed by atoms with Gasteiger partial charge in [0.2, 0.25) is 5.95 Å². The second-order valence-corrected chi connectivity index (χ2v) is 3.87. The minimum Gasteiger partial charge on any atom is -0.508 e. The topological polar surface area (TPSA) is 45.1 Å². The van der Waals surface area contributed by atoms with Crippen LogP contribution >= 0.6 is 11.6 Å². The highest BCUT2D eigenvalue weighted by Gasteiger charge is 2.05. The molecule has 0 saturated carbocycles. The van der Waals surface area contributed by atoms with E-state index >= 15 is 0 Å². The Morgan fingerprint density at radius 3 is 2.76 bits per heavy atom. The molecule has 2 N–H and O–H groups in total. The fraction of sp³-hybridized carbons (Fsp3) is 0.0833. The summed E-state index contributed by atoms with van der Waals surface area (Å²) in [6.07, 6.45) is 1.38. The highest BCUT2D eigenvalue weighted by molar-refractivity contribution is 6.31. The van der Waals surface area contributed by atoms with Crippen LogP contribution in [0.1, 0.15) is 5.56 Å². The second kappa shape index (κ2) is 5.01. The first kappa shape index (κ1) is 11.7. The zero-order chi connectivity index (χ0) is 12.3. The normalized spacial score (nSPS) is 10.2. The molecule has 3 nitrogen and oxygen atoms in total. The van der Waals surface area contributed by atoms with Crippen molar-refractivity contribution in [2.45, 2.75) is 6.54 Å². The zero-order valence-corrected chi connectivity index (χ0v) is 9.58. The minimum absolute atomic E-state index is 0.125. The number of rotatable bonds is 3. The van der Waals surface area contributed by atoms with Crippen molar-refractivity contribution < 1.29 is 9.50 Å². The Morgan fingerprint density at radius 2 is 2.12 bits per heavy atom. The van der Waals surface area contributed by atoms with Gasteiger partial charge in [-0.25, -0.2) is 4.98 Å². The van der Waals surface area contributed by atoms with Crippen molar-refractivity contribution in [1.29, 1.82) is 0 Å². The smallest absolute Gasteiger partial charge is 0.212 e. The van der Waals surface area contributed by atoms with Gasteiger partial charge in [-0.2, -0.15) is 4.39 Å². The van der Waals surface area contributed by atoms with E-state index in [1.807, 2.05) is 0 Å². The molecule has 1 heterocycles. The molecule has 0 saturated heterocycles. The lowest BCUT2D eigenvalue weighted by Crippen LogP contribution is -2.01. The monoisotopic (exact) mass is 252 g/mol. The van der Waals surface area contributed by atoms with Crippen LogP contribution in [-0.4, -0.2) is 10.1 Å². The van der Waals surface area contributed by atoms with E-state index in [-0.39, 0.29) is 5.75 Å².